The molecule has 1 aliphatic heterocycles. The molecule has 0 radical (unpaired) electrons. The Morgan fingerprint density at radius 3 is 2.36 bits per heavy atom. The summed E-state index contributed by atoms with van der Waals surface area (Å²) in [5, 5.41) is 16.9. The number of nitrogens with one attached hydrogen (secondary N) is 2. The van der Waals surface area contributed by atoms with Gasteiger partial charge in [0.2, 0.25) is 0 Å². The summed E-state index contributed by atoms with van der Waals surface area (Å²) in [7, 11) is 0. The van der Waals surface area contributed by atoms with Gasteiger partial charge in [-0.15, -0.1) is 0 Å². The van der Waals surface area contributed by atoms with E-state index < -0.39 is 0 Å². The van der Waals surface area contributed by atoms with Crippen molar-refractivity contribution in [3.05, 3.63) is 101 Å². The highest BCUT2D eigenvalue weighted by atomic mass is 16.3. The molecule has 0 saturated carbocycles. The largest absolute Gasteiger partial charge is 0.508 e. The fourth-order valence-corrected chi connectivity index (χ4v) is 3.71. The number of amides is 1. The molecule has 1 aliphatic rings. The maximum Gasteiger partial charge on any atom is 0.254 e. The van der Waals surface area contributed by atoms with Crippen molar-refractivity contribution >= 4 is 17.3 Å². The second-order valence-corrected chi connectivity index (χ2v) is 7.07. The fourth-order valence-electron chi connectivity index (χ4n) is 3.71. The predicted octanol–water partition coefficient (Wildman–Crippen LogP) is 5.17. The second kappa shape index (κ2) is 7.24. The van der Waals surface area contributed by atoms with Crippen LogP contribution >= 0.6 is 0 Å². The van der Waals surface area contributed by atoms with E-state index in [-0.39, 0.29) is 17.6 Å². The molecule has 1 heterocycles. The van der Waals surface area contributed by atoms with Crippen LogP contribution in [0.5, 0.6) is 5.75 Å². The van der Waals surface area contributed by atoms with E-state index in [9.17, 15) is 9.90 Å². The van der Waals surface area contributed by atoms with Crippen molar-refractivity contribution in [1.29, 1.82) is 0 Å². The minimum atomic E-state index is -0.359. The first kappa shape index (κ1) is 17.9. The molecule has 4 heteroatoms. The lowest BCUT2D eigenvalue weighted by atomic mass is 9.79. The average molecular weight is 370 g/mol. The topological polar surface area (TPSA) is 61.4 Å². The molecule has 1 amide bonds. The van der Waals surface area contributed by atoms with Crippen molar-refractivity contribution in [2.24, 2.45) is 0 Å². The number of hydrogen-bond acceptors (Lipinski definition) is 3. The third-order valence-electron chi connectivity index (χ3n) is 5.07. The van der Waals surface area contributed by atoms with Crippen LogP contribution in [0.3, 0.4) is 0 Å². The summed E-state index contributed by atoms with van der Waals surface area (Å²) in [5.41, 5.74) is 5.76. The first-order valence-electron chi connectivity index (χ1n) is 9.27. The summed E-state index contributed by atoms with van der Waals surface area (Å²) in [6, 6.07) is 22.9. The summed E-state index contributed by atoms with van der Waals surface area (Å²) in [6.45, 7) is 3.93. The van der Waals surface area contributed by atoms with Crippen molar-refractivity contribution in [2.75, 3.05) is 10.6 Å². The number of aryl methyl sites for hydroxylation is 1. The van der Waals surface area contributed by atoms with Crippen LogP contribution in [0.15, 0.2) is 84.1 Å². The van der Waals surface area contributed by atoms with Crippen LogP contribution < -0.4 is 10.6 Å². The number of fused-ring (bicyclic) bond motifs is 1. The van der Waals surface area contributed by atoms with Gasteiger partial charge in [-0.3, -0.25) is 4.79 Å². The molecule has 0 bridgehead atoms. The molecule has 28 heavy (non-hydrogen) atoms. The number of rotatable bonds is 3. The molecule has 4 rings (SSSR count). The van der Waals surface area contributed by atoms with Crippen LogP contribution in [0, 0.1) is 6.92 Å². The molecule has 140 valence electrons. The molecule has 0 spiro atoms. The lowest BCUT2D eigenvalue weighted by Gasteiger charge is -2.31. The van der Waals surface area contributed by atoms with Crippen LogP contribution in [-0.4, -0.2) is 11.0 Å². The number of phenols is 1. The third kappa shape index (κ3) is 3.25. The lowest BCUT2D eigenvalue weighted by molar-refractivity contribution is -0.113. The average Bonchev–Trinajstić information content (AvgIpc) is 2.68. The first-order valence-corrected chi connectivity index (χ1v) is 9.27. The smallest absolute Gasteiger partial charge is 0.254 e. The molecule has 3 N–H and O–H groups in total. The van der Waals surface area contributed by atoms with Crippen molar-refractivity contribution in [2.45, 2.75) is 19.8 Å². The number of phenolic OH excluding ortho intramolecular Hbond substituents is 1. The van der Waals surface area contributed by atoms with Gasteiger partial charge in [0.15, 0.2) is 0 Å². The number of anilines is 2. The van der Waals surface area contributed by atoms with Crippen LogP contribution in [0.1, 0.15) is 29.5 Å². The van der Waals surface area contributed by atoms with Gasteiger partial charge in [0.25, 0.3) is 5.91 Å². The van der Waals surface area contributed by atoms with Gasteiger partial charge in [-0.05, 0) is 43.7 Å². The third-order valence-corrected chi connectivity index (χ3v) is 5.07. The van der Waals surface area contributed by atoms with E-state index in [4.69, 9.17) is 0 Å². The highest BCUT2D eigenvalue weighted by molar-refractivity contribution is 6.07. The zero-order chi connectivity index (χ0) is 19.7. The molecule has 0 fully saturated rings. The second-order valence-electron chi connectivity index (χ2n) is 7.07. The molecule has 0 saturated heterocycles. The normalized spacial score (nSPS) is 15.6. The molecule has 4 nitrogen and oxygen atoms in total. The van der Waals surface area contributed by atoms with Crippen LogP contribution in [0.2, 0.25) is 0 Å². The molecular formula is C24H22N2O2. The van der Waals surface area contributed by atoms with Gasteiger partial charge in [-0.1, -0.05) is 54.1 Å². The van der Waals surface area contributed by atoms with Gasteiger partial charge >= 0.3 is 0 Å². The quantitative estimate of drug-likeness (QED) is 0.596. The van der Waals surface area contributed by atoms with Crippen molar-refractivity contribution < 1.29 is 9.90 Å². The highest BCUT2D eigenvalue weighted by Crippen LogP contribution is 2.46. The first-order chi connectivity index (χ1) is 13.5. The number of benzene rings is 3. The SMILES string of the molecule is CC1=C(C(=O)Nc2ccccc2)C(c2ccc(C)cc2)c2c(O)cccc2N1. The van der Waals surface area contributed by atoms with Gasteiger partial charge in [-0.25, -0.2) is 0 Å². The van der Waals surface area contributed by atoms with Crippen LogP contribution in [0.25, 0.3) is 0 Å². The van der Waals surface area contributed by atoms with E-state index in [2.05, 4.69) is 10.6 Å². The molecule has 1 unspecified atom stereocenters. The van der Waals surface area contributed by atoms with E-state index in [0.29, 0.717) is 5.57 Å². The van der Waals surface area contributed by atoms with Gasteiger partial charge in [0.1, 0.15) is 5.75 Å². The molecule has 0 aliphatic carbocycles. The Kier molecular flexibility index (Phi) is 4.62. The Hall–Kier alpha value is -3.53. The van der Waals surface area contributed by atoms with Gasteiger partial charge in [0.05, 0.1) is 0 Å². The summed E-state index contributed by atoms with van der Waals surface area (Å²) >= 11 is 0. The molecule has 3 aromatic carbocycles. The zero-order valence-corrected chi connectivity index (χ0v) is 15.9. The predicted molar refractivity (Wildman–Crippen MR) is 113 cm³/mol. The van der Waals surface area contributed by atoms with E-state index in [1.807, 2.05) is 74.5 Å². The minimum Gasteiger partial charge on any atom is -0.508 e. The summed E-state index contributed by atoms with van der Waals surface area (Å²) in [4.78, 5) is 13.3. The van der Waals surface area contributed by atoms with Crippen molar-refractivity contribution in [3.8, 4) is 5.75 Å². The Morgan fingerprint density at radius 2 is 1.64 bits per heavy atom. The molecule has 3 aromatic rings. The maximum absolute atomic E-state index is 13.3. The van der Waals surface area contributed by atoms with Crippen molar-refractivity contribution in [3.63, 3.8) is 0 Å². The number of carbonyl (C=O) groups is 1. The fraction of sp³-hybridized carbons (Fsp3) is 0.125. The van der Waals surface area contributed by atoms with Gasteiger partial charge < -0.3 is 15.7 Å². The highest BCUT2D eigenvalue weighted by Gasteiger charge is 2.34. The Bertz CT molecular complexity index is 1050. The zero-order valence-electron chi connectivity index (χ0n) is 15.9. The van der Waals surface area contributed by atoms with E-state index in [1.165, 1.54) is 0 Å². The van der Waals surface area contributed by atoms with E-state index in [1.54, 1.807) is 12.1 Å². The molecular weight excluding hydrogens is 348 g/mol. The Balaban J connectivity index is 1.83. The van der Waals surface area contributed by atoms with Gasteiger partial charge in [0, 0.05) is 34.1 Å². The van der Waals surface area contributed by atoms with Crippen molar-refractivity contribution in [1.82, 2.24) is 0 Å². The monoisotopic (exact) mass is 370 g/mol. The van der Waals surface area contributed by atoms with E-state index >= 15 is 0 Å². The van der Waals surface area contributed by atoms with Gasteiger partial charge in [-0.2, -0.15) is 0 Å². The number of allylic oxidation sites excluding steroid dienone is 1. The summed E-state index contributed by atoms with van der Waals surface area (Å²) in [6.07, 6.45) is 0. The standard InChI is InChI=1S/C24H22N2O2/c1-15-11-13-17(14-12-15)22-21(24(28)26-18-7-4-3-5-8-18)16(2)25-19-9-6-10-20(27)23(19)22/h3-14,22,25,27H,1-2H3,(H,26,28). The number of para-hydroxylation sites is 1. The number of hydrogen-bond donors (Lipinski definition) is 3. The number of aromatic hydroxyl groups is 1. The van der Waals surface area contributed by atoms with E-state index in [0.717, 1.165) is 33.8 Å². The van der Waals surface area contributed by atoms with Crippen LogP contribution in [-0.2, 0) is 4.79 Å². The minimum absolute atomic E-state index is 0.174. The maximum atomic E-state index is 13.3. The summed E-state index contributed by atoms with van der Waals surface area (Å²) in [5.74, 6) is -0.370. The molecule has 0 aromatic heterocycles. The lowest BCUT2D eigenvalue weighted by Crippen LogP contribution is -2.27. The number of carbonyl (C=O) groups excluding carboxylic acids is 1. The Morgan fingerprint density at radius 1 is 0.929 bits per heavy atom. The Labute approximate surface area is 164 Å². The molecule has 1 atom stereocenters. The van der Waals surface area contributed by atoms with Crippen LogP contribution in [0.4, 0.5) is 11.4 Å². The summed E-state index contributed by atoms with van der Waals surface area (Å²) < 4.78 is 0.